The van der Waals surface area contributed by atoms with Crippen molar-refractivity contribution in [2.24, 2.45) is 0 Å². The predicted octanol–water partition coefficient (Wildman–Crippen LogP) is 1.08. The van der Waals surface area contributed by atoms with E-state index in [2.05, 4.69) is 10.3 Å². The Balaban J connectivity index is 2.49. The molecule has 0 saturated carbocycles. The molecule has 1 N–H and O–H groups in total. The van der Waals surface area contributed by atoms with E-state index in [0.717, 1.165) is 17.0 Å². The number of aromatic nitrogens is 3. The highest BCUT2D eigenvalue weighted by Crippen LogP contribution is 2.23. The average molecular weight is 219 g/mol. The summed E-state index contributed by atoms with van der Waals surface area (Å²) >= 11 is 0. The van der Waals surface area contributed by atoms with Gasteiger partial charge in [-0.15, -0.1) is 5.10 Å². The molecular formula is C11H13N3O2. The van der Waals surface area contributed by atoms with Gasteiger partial charge in [-0.25, -0.2) is 4.68 Å². The van der Waals surface area contributed by atoms with Crippen LogP contribution in [0.2, 0.25) is 0 Å². The second-order valence-corrected chi connectivity index (χ2v) is 3.49. The van der Waals surface area contributed by atoms with E-state index >= 15 is 0 Å². The lowest BCUT2D eigenvalue weighted by Crippen LogP contribution is -1.99. The summed E-state index contributed by atoms with van der Waals surface area (Å²) in [5.74, 6) is 0.722. The second kappa shape index (κ2) is 4.32. The van der Waals surface area contributed by atoms with Crippen molar-refractivity contribution in [3.8, 4) is 11.4 Å². The first kappa shape index (κ1) is 10.6. The lowest BCUT2D eigenvalue weighted by molar-refractivity contribution is 0.276. The summed E-state index contributed by atoms with van der Waals surface area (Å²) in [5, 5.41) is 16.7. The molecule has 1 aromatic carbocycles. The normalized spacial score (nSPS) is 10.4. The first-order valence-electron chi connectivity index (χ1n) is 4.91. The Kier molecular flexibility index (Phi) is 2.87. The number of aliphatic hydroxyl groups excluding tert-OH is 1. The van der Waals surface area contributed by atoms with E-state index < -0.39 is 0 Å². The Hall–Kier alpha value is -1.88. The van der Waals surface area contributed by atoms with Gasteiger partial charge in [-0.05, 0) is 24.6 Å². The van der Waals surface area contributed by atoms with E-state index in [1.54, 1.807) is 18.0 Å². The number of rotatable bonds is 3. The lowest BCUT2D eigenvalue weighted by Gasteiger charge is -2.08. The van der Waals surface area contributed by atoms with Crippen LogP contribution in [0.3, 0.4) is 0 Å². The predicted molar refractivity (Wildman–Crippen MR) is 58.6 cm³/mol. The van der Waals surface area contributed by atoms with Gasteiger partial charge < -0.3 is 9.84 Å². The monoisotopic (exact) mass is 219 g/mol. The molecule has 1 aromatic heterocycles. The van der Waals surface area contributed by atoms with Gasteiger partial charge >= 0.3 is 0 Å². The van der Waals surface area contributed by atoms with Crippen LogP contribution >= 0.6 is 0 Å². The minimum absolute atomic E-state index is 0.117. The molecule has 0 atom stereocenters. The highest BCUT2D eigenvalue weighted by molar-refractivity contribution is 5.48. The third-order valence-corrected chi connectivity index (χ3v) is 2.28. The molecule has 0 bridgehead atoms. The molecule has 16 heavy (non-hydrogen) atoms. The van der Waals surface area contributed by atoms with E-state index in [9.17, 15) is 0 Å². The van der Waals surface area contributed by atoms with Crippen molar-refractivity contribution in [3.63, 3.8) is 0 Å². The number of hydrogen-bond acceptors (Lipinski definition) is 4. The third kappa shape index (κ3) is 1.90. The van der Waals surface area contributed by atoms with Crippen molar-refractivity contribution in [2.75, 3.05) is 7.11 Å². The Labute approximate surface area is 93.3 Å². The van der Waals surface area contributed by atoms with Crippen molar-refractivity contribution < 1.29 is 9.84 Å². The molecule has 2 aromatic rings. The number of hydrogen-bond donors (Lipinski definition) is 1. The fourth-order valence-corrected chi connectivity index (χ4v) is 1.47. The number of aryl methyl sites for hydroxylation is 1. The smallest absolute Gasteiger partial charge is 0.144 e. The van der Waals surface area contributed by atoms with Crippen LogP contribution in [-0.2, 0) is 6.61 Å². The Morgan fingerprint density at radius 1 is 1.44 bits per heavy atom. The van der Waals surface area contributed by atoms with Crippen LogP contribution in [0.5, 0.6) is 5.75 Å². The van der Waals surface area contributed by atoms with Crippen LogP contribution in [0.4, 0.5) is 0 Å². The van der Waals surface area contributed by atoms with Gasteiger partial charge in [-0.2, -0.15) is 0 Å². The highest BCUT2D eigenvalue weighted by Gasteiger charge is 2.07. The Bertz CT molecular complexity index is 494. The topological polar surface area (TPSA) is 60.2 Å². The maximum Gasteiger partial charge on any atom is 0.144 e. The van der Waals surface area contributed by atoms with Gasteiger partial charge in [0.1, 0.15) is 17.1 Å². The minimum atomic E-state index is -0.117. The van der Waals surface area contributed by atoms with E-state index in [1.165, 1.54) is 0 Å². The van der Waals surface area contributed by atoms with Crippen LogP contribution < -0.4 is 4.74 Å². The van der Waals surface area contributed by atoms with Crippen LogP contribution in [-0.4, -0.2) is 27.2 Å². The Morgan fingerprint density at radius 3 is 2.88 bits per heavy atom. The lowest BCUT2D eigenvalue weighted by atomic mass is 10.2. The SMILES string of the molecule is COc1ccc(C)cc1-n1cc(CO)nn1. The fraction of sp³-hybridized carbons (Fsp3) is 0.273. The van der Waals surface area contributed by atoms with Gasteiger partial charge in [0.05, 0.1) is 19.9 Å². The van der Waals surface area contributed by atoms with Crippen molar-refractivity contribution in [1.82, 2.24) is 15.0 Å². The number of ether oxygens (including phenoxy) is 1. The second-order valence-electron chi connectivity index (χ2n) is 3.49. The third-order valence-electron chi connectivity index (χ3n) is 2.28. The van der Waals surface area contributed by atoms with Crippen molar-refractivity contribution in [3.05, 3.63) is 35.7 Å². The van der Waals surface area contributed by atoms with Crippen molar-refractivity contribution in [1.29, 1.82) is 0 Å². The zero-order valence-electron chi connectivity index (χ0n) is 9.21. The number of aliphatic hydroxyl groups is 1. The zero-order chi connectivity index (χ0) is 11.5. The summed E-state index contributed by atoms with van der Waals surface area (Å²) in [6, 6.07) is 5.80. The largest absolute Gasteiger partial charge is 0.494 e. The standard InChI is InChI=1S/C11H13N3O2/c1-8-3-4-11(16-2)10(5-8)14-6-9(7-15)12-13-14/h3-6,15H,7H2,1-2H3. The number of methoxy groups -OCH3 is 1. The molecule has 0 spiro atoms. The molecule has 0 fully saturated rings. The molecule has 5 nitrogen and oxygen atoms in total. The maximum atomic E-state index is 8.93. The molecule has 84 valence electrons. The molecule has 0 aliphatic carbocycles. The minimum Gasteiger partial charge on any atom is -0.494 e. The molecule has 1 heterocycles. The molecule has 0 radical (unpaired) electrons. The van der Waals surface area contributed by atoms with E-state index in [-0.39, 0.29) is 6.61 Å². The van der Waals surface area contributed by atoms with Gasteiger partial charge in [-0.1, -0.05) is 11.3 Å². The maximum absolute atomic E-state index is 8.93. The zero-order valence-corrected chi connectivity index (χ0v) is 9.21. The summed E-state index contributed by atoms with van der Waals surface area (Å²) in [7, 11) is 1.61. The molecule has 0 unspecified atom stereocenters. The first-order chi connectivity index (χ1) is 7.74. The highest BCUT2D eigenvalue weighted by atomic mass is 16.5. The molecule has 5 heteroatoms. The van der Waals surface area contributed by atoms with E-state index in [4.69, 9.17) is 9.84 Å². The summed E-state index contributed by atoms with van der Waals surface area (Å²) < 4.78 is 6.84. The molecule has 2 rings (SSSR count). The summed E-state index contributed by atoms with van der Waals surface area (Å²) in [5.41, 5.74) is 2.45. The fourth-order valence-electron chi connectivity index (χ4n) is 1.47. The quantitative estimate of drug-likeness (QED) is 0.839. The van der Waals surface area contributed by atoms with Crippen LogP contribution in [0.15, 0.2) is 24.4 Å². The van der Waals surface area contributed by atoms with Gasteiger partial charge in [0.15, 0.2) is 0 Å². The molecule has 0 aliphatic heterocycles. The van der Waals surface area contributed by atoms with Gasteiger partial charge in [0.2, 0.25) is 0 Å². The summed E-state index contributed by atoms with van der Waals surface area (Å²) in [6.45, 7) is 1.88. The van der Waals surface area contributed by atoms with Gasteiger partial charge in [0.25, 0.3) is 0 Å². The van der Waals surface area contributed by atoms with Crippen LogP contribution in [0, 0.1) is 6.92 Å². The van der Waals surface area contributed by atoms with E-state index in [1.807, 2.05) is 25.1 Å². The number of benzene rings is 1. The molecular weight excluding hydrogens is 206 g/mol. The van der Waals surface area contributed by atoms with Gasteiger partial charge in [-0.3, -0.25) is 0 Å². The van der Waals surface area contributed by atoms with Crippen molar-refractivity contribution >= 4 is 0 Å². The number of nitrogens with zero attached hydrogens (tertiary/aromatic N) is 3. The van der Waals surface area contributed by atoms with Crippen molar-refractivity contribution in [2.45, 2.75) is 13.5 Å². The summed E-state index contributed by atoms with van der Waals surface area (Å²) in [4.78, 5) is 0. The first-order valence-corrected chi connectivity index (χ1v) is 4.91. The molecule has 0 saturated heterocycles. The summed E-state index contributed by atoms with van der Waals surface area (Å²) in [6.07, 6.45) is 1.68. The average Bonchev–Trinajstić information content (AvgIpc) is 2.77. The Morgan fingerprint density at radius 2 is 2.25 bits per heavy atom. The van der Waals surface area contributed by atoms with Crippen LogP contribution in [0.25, 0.3) is 5.69 Å². The molecule has 0 aliphatic rings. The molecule has 0 amide bonds. The van der Waals surface area contributed by atoms with Crippen LogP contribution in [0.1, 0.15) is 11.3 Å². The van der Waals surface area contributed by atoms with Gasteiger partial charge in [0, 0.05) is 0 Å². The van der Waals surface area contributed by atoms with E-state index in [0.29, 0.717) is 5.69 Å².